The number of ether oxygens (including phenoxy) is 3. The summed E-state index contributed by atoms with van der Waals surface area (Å²) in [6.45, 7) is 1.81. The number of carbonyl (C=O) groups is 1. The quantitative estimate of drug-likeness (QED) is 0.703. The second kappa shape index (κ2) is 7.66. The van der Waals surface area contributed by atoms with Crippen molar-refractivity contribution >= 4 is 33.3 Å². The Morgan fingerprint density at radius 2 is 2.04 bits per heavy atom. The van der Waals surface area contributed by atoms with Gasteiger partial charge in [-0.15, -0.1) is 0 Å². The summed E-state index contributed by atoms with van der Waals surface area (Å²) >= 11 is 6.03. The van der Waals surface area contributed by atoms with Crippen molar-refractivity contribution < 1.29 is 27.4 Å². The normalized spacial score (nSPS) is 16.3. The molecule has 2 aromatic carbocycles. The molecule has 3 rings (SSSR count). The van der Waals surface area contributed by atoms with Crippen molar-refractivity contribution in [2.24, 2.45) is 0 Å². The maximum atomic E-state index is 13.4. The molecule has 0 bridgehead atoms. The van der Waals surface area contributed by atoms with Crippen LogP contribution in [0.2, 0.25) is 5.02 Å². The predicted octanol–water partition coefficient (Wildman–Crippen LogP) is 2.87. The molecule has 9 heteroatoms. The number of halogens is 1. The number of hydrogen-bond acceptors (Lipinski definition) is 6. The molecule has 0 N–H and O–H groups in total. The molecule has 0 amide bonds. The SMILES string of the molecule is CCOc1ccc(Cl)cc1S(=O)(=O)N1C[C@H](C(=O)OC)Oc2ccccc21. The van der Waals surface area contributed by atoms with Gasteiger partial charge in [0.1, 0.15) is 16.4 Å². The Morgan fingerprint density at radius 1 is 1.30 bits per heavy atom. The third-order valence-corrected chi connectivity index (χ3v) is 6.01. The number of para-hydroxylation sites is 2. The highest BCUT2D eigenvalue weighted by molar-refractivity contribution is 7.93. The molecule has 1 heterocycles. The molecule has 144 valence electrons. The monoisotopic (exact) mass is 411 g/mol. The van der Waals surface area contributed by atoms with Crippen LogP contribution in [0.1, 0.15) is 6.92 Å². The van der Waals surface area contributed by atoms with Crippen LogP contribution in [0, 0.1) is 0 Å². The van der Waals surface area contributed by atoms with E-state index in [9.17, 15) is 13.2 Å². The van der Waals surface area contributed by atoms with Crippen molar-refractivity contribution in [2.45, 2.75) is 17.9 Å². The van der Waals surface area contributed by atoms with Gasteiger partial charge in [-0.1, -0.05) is 23.7 Å². The van der Waals surface area contributed by atoms with Gasteiger partial charge in [0.2, 0.25) is 6.10 Å². The second-order valence-corrected chi connectivity index (χ2v) is 7.92. The number of esters is 1. The molecular formula is C18H18ClNO6S. The van der Waals surface area contributed by atoms with Crippen molar-refractivity contribution in [1.82, 2.24) is 0 Å². The summed E-state index contributed by atoms with van der Waals surface area (Å²) < 4.78 is 43.8. The number of carbonyl (C=O) groups excluding carboxylic acids is 1. The molecule has 1 aliphatic rings. The highest BCUT2D eigenvalue weighted by Gasteiger charge is 2.39. The second-order valence-electron chi connectivity index (χ2n) is 5.66. The Labute approximate surface area is 162 Å². The van der Waals surface area contributed by atoms with E-state index in [1.54, 1.807) is 37.3 Å². The number of fused-ring (bicyclic) bond motifs is 1. The van der Waals surface area contributed by atoms with Gasteiger partial charge in [-0.3, -0.25) is 4.31 Å². The van der Waals surface area contributed by atoms with Gasteiger partial charge < -0.3 is 14.2 Å². The van der Waals surface area contributed by atoms with Crippen molar-refractivity contribution in [3.05, 3.63) is 47.5 Å². The average molecular weight is 412 g/mol. The lowest BCUT2D eigenvalue weighted by Crippen LogP contribution is -2.47. The third kappa shape index (κ3) is 3.68. The van der Waals surface area contributed by atoms with E-state index >= 15 is 0 Å². The number of rotatable bonds is 5. The fourth-order valence-electron chi connectivity index (χ4n) is 2.76. The van der Waals surface area contributed by atoms with Gasteiger partial charge in [0.25, 0.3) is 10.0 Å². The van der Waals surface area contributed by atoms with E-state index in [1.165, 1.54) is 19.2 Å². The van der Waals surface area contributed by atoms with Crippen LogP contribution in [0.5, 0.6) is 11.5 Å². The maximum Gasteiger partial charge on any atom is 0.348 e. The van der Waals surface area contributed by atoms with Crippen LogP contribution in [-0.4, -0.2) is 40.8 Å². The van der Waals surface area contributed by atoms with Crippen LogP contribution in [-0.2, 0) is 19.6 Å². The van der Waals surface area contributed by atoms with Gasteiger partial charge in [0.05, 0.1) is 25.9 Å². The molecule has 0 spiro atoms. The molecule has 0 saturated carbocycles. The van der Waals surface area contributed by atoms with Gasteiger partial charge in [-0.25, -0.2) is 13.2 Å². The number of anilines is 1. The highest BCUT2D eigenvalue weighted by Crippen LogP contribution is 2.39. The Kier molecular flexibility index (Phi) is 5.48. The Hall–Kier alpha value is -2.45. The van der Waals surface area contributed by atoms with Crippen LogP contribution in [0.3, 0.4) is 0 Å². The first-order valence-corrected chi connectivity index (χ1v) is 9.99. The third-order valence-electron chi connectivity index (χ3n) is 3.97. The topological polar surface area (TPSA) is 82.1 Å². The summed E-state index contributed by atoms with van der Waals surface area (Å²) in [5.41, 5.74) is 0.320. The van der Waals surface area contributed by atoms with Crippen molar-refractivity contribution in [3.8, 4) is 11.5 Å². The molecule has 2 aromatic rings. The zero-order valence-corrected chi connectivity index (χ0v) is 16.3. The number of hydrogen-bond donors (Lipinski definition) is 0. The number of sulfonamides is 1. The fourth-order valence-corrected chi connectivity index (χ4v) is 4.63. The molecule has 0 fully saturated rings. The average Bonchev–Trinajstić information content (AvgIpc) is 2.67. The number of benzene rings is 2. The van der Waals surface area contributed by atoms with Crippen LogP contribution < -0.4 is 13.8 Å². The molecule has 0 saturated heterocycles. The van der Waals surface area contributed by atoms with E-state index in [-0.39, 0.29) is 34.6 Å². The minimum Gasteiger partial charge on any atom is -0.492 e. The van der Waals surface area contributed by atoms with E-state index in [1.807, 2.05) is 0 Å². The fraction of sp³-hybridized carbons (Fsp3) is 0.278. The minimum absolute atomic E-state index is 0.0860. The van der Waals surface area contributed by atoms with Crippen LogP contribution in [0.4, 0.5) is 5.69 Å². The van der Waals surface area contributed by atoms with Gasteiger partial charge in [0.15, 0.2) is 0 Å². The van der Waals surface area contributed by atoms with E-state index < -0.39 is 22.1 Å². The molecule has 0 radical (unpaired) electrons. The smallest absolute Gasteiger partial charge is 0.348 e. The largest absolute Gasteiger partial charge is 0.492 e. The molecule has 0 unspecified atom stereocenters. The lowest BCUT2D eigenvalue weighted by molar-refractivity contribution is -0.148. The zero-order chi connectivity index (χ0) is 19.6. The first-order valence-electron chi connectivity index (χ1n) is 8.17. The van der Waals surface area contributed by atoms with Crippen molar-refractivity contribution in [2.75, 3.05) is 24.6 Å². The summed E-state index contributed by atoms with van der Waals surface area (Å²) in [4.78, 5) is 11.9. The standard InChI is InChI=1S/C18H18ClNO6S/c1-3-25-15-9-8-12(19)10-17(15)27(22,23)20-11-16(18(21)24-2)26-14-7-5-4-6-13(14)20/h4-10,16H,3,11H2,1-2H3/t16-/m1/s1. The predicted molar refractivity (Wildman–Crippen MR) is 100 cm³/mol. The minimum atomic E-state index is -4.09. The van der Waals surface area contributed by atoms with Crippen molar-refractivity contribution in [1.29, 1.82) is 0 Å². The number of methoxy groups -OCH3 is 1. The summed E-state index contributed by atoms with van der Waals surface area (Å²) in [5.74, 6) is -0.218. The summed E-state index contributed by atoms with van der Waals surface area (Å²) in [7, 11) is -2.87. The Morgan fingerprint density at radius 3 is 2.74 bits per heavy atom. The molecular weight excluding hydrogens is 394 g/mol. The molecule has 1 atom stereocenters. The lowest BCUT2D eigenvalue weighted by Gasteiger charge is -2.34. The summed E-state index contributed by atoms with van der Waals surface area (Å²) in [6.07, 6.45) is -1.09. The van der Waals surface area contributed by atoms with Gasteiger partial charge in [-0.2, -0.15) is 0 Å². The van der Waals surface area contributed by atoms with Gasteiger partial charge in [-0.05, 0) is 37.3 Å². The van der Waals surface area contributed by atoms with E-state index in [0.29, 0.717) is 5.69 Å². The summed E-state index contributed by atoms with van der Waals surface area (Å²) in [6, 6.07) is 10.9. The van der Waals surface area contributed by atoms with Crippen molar-refractivity contribution in [3.63, 3.8) is 0 Å². The van der Waals surface area contributed by atoms with Gasteiger partial charge >= 0.3 is 5.97 Å². The highest BCUT2D eigenvalue weighted by atomic mass is 35.5. The molecule has 27 heavy (non-hydrogen) atoms. The maximum absolute atomic E-state index is 13.4. The first-order chi connectivity index (χ1) is 12.9. The van der Waals surface area contributed by atoms with Crippen LogP contribution in [0.25, 0.3) is 0 Å². The van der Waals surface area contributed by atoms with E-state index in [2.05, 4.69) is 0 Å². The van der Waals surface area contributed by atoms with Crippen LogP contribution >= 0.6 is 11.6 Å². The molecule has 1 aliphatic heterocycles. The lowest BCUT2D eigenvalue weighted by atomic mass is 10.2. The molecule has 0 aromatic heterocycles. The van der Waals surface area contributed by atoms with Crippen LogP contribution in [0.15, 0.2) is 47.4 Å². The zero-order valence-electron chi connectivity index (χ0n) is 14.7. The first kappa shape index (κ1) is 19.3. The Bertz CT molecular complexity index is 962. The molecule has 0 aliphatic carbocycles. The van der Waals surface area contributed by atoms with E-state index in [4.69, 9.17) is 25.8 Å². The van der Waals surface area contributed by atoms with Gasteiger partial charge in [0, 0.05) is 5.02 Å². The Balaban J connectivity index is 2.13. The summed E-state index contributed by atoms with van der Waals surface area (Å²) in [5, 5.41) is 0.253. The van der Waals surface area contributed by atoms with E-state index in [0.717, 1.165) is 4.31 Å². The molecule has 7 nitrogen and oxygen atoms in total. The number of nitrogens with zero attached hydrogens (tertiary/aromatic N) is 1.